The molecule has 1 aliphatic rings. The number of hydrogen-bond acceptors (Lipinski definition) is 7. The zero-order valence-electron chi connectivity index (χ0n) is 24.4. The quantitative estimate of drug-likeness (QED) is 0.179. The zero-order chi connectivity index (χ0) is 35.6. The molecule has 0 bridgehead atoms. The van der Waals surface area contributed by atoms with Gasteiger partial charge in [0.1, 0.15) is 29.0 Å². The highest BCUT2D eigenvalue weighted by atomic mass is 19.4. The van der Waals surface area contributed by atoms with Gasteiger partial charge in [-0.1, -0.05) is 0 Å². The van der Waals surface area contributed by atoms with Crippen LogP contribution < -0.4 is 20.5 Å². The minimum atomic E-state index is -5.69. The van der Waals surface area contributed by atoms with Crippen molar-refractivity contribution in [2.75, 3.05) is 13.2 Å². The monoisotopic (exact) mass is 688 g/mol. The number of halogens is 9. The Labute approximate surface area is 263 Å². The highest BCUT2D eigenvalue weighted by Gasteiger charge is 2.58. The molecule has 0 saturated carbocycles. The maximum atomic E-state index is 14.9. The van der Waals surface area contributed by atoms with E-state index in [0.29, 0.717) is 29.8 Å². The van der Waals surface area contributed by atoms with Gasteiger partial charge in [-0.2, -0.15) is 13.2 Å². The summed E-state index contributed by atoms with van der Waals surface area (Å²) >= 11 is 0. The number of benzene rings is 2. The normalized spacial score (nSPS) is 17.4. The molecule has 0 saturated heterocycles. The van der Waals surface area contributed by atoms with Gasteiger partial charge in [-0.15, -0.1) is 13.2 Å². The van der Waals surface area contributed by atoms with Crippen molar-refractivity contribution in [2.45, 2.75) is 37.4 Å². The average Bonchev–Trinajstić information content (AvgIpc) is 3.34. The number of alkyl halides is 6. The summed E-state index contributed by atoms with van der Waals surface area (Å²) in [5.74, 6) is -9.55. The molecule has 2 aromatic carbocycles. The first-order chi connectivity index (χ1) is 22.2. The average molecular weight is 689 g/mol. The third kappa shape index (κ3) is 5.91. The molecule has 48 heavy (non-hydrogen) atoms. The standard InChI is InChI=1S/C30H21F9N4O5/c1-12-5-13-6-14(7-18(22(13)41-9-12)48-30(37,38)39)25(44)42-10-28(46,29(34,35)36)19-8-16-24(47-11-27(16,2)26(40)45)23(43-19)15-3-4-17(31)21(33)20(15)32/h3-9,46H,10-11H2,1-2H3,(H2,40,45)(H,42,44)/t27-,28-/m0/s1. The Morgan fingerprint density at radius 2 is 1.75 bits per heavy atom. The van der Waals surface area contributed by atoms with Gasteiger partial charge in [0.25, 0.3) is 5.91 Å². The highest BCUT2D eigenvalue weighted by Crippen LogP contribution is 2.48. The summed E-state index contributed by atoms with van der Waals surface area (Å²) in [6.07, 6.45) is -9.71. The zero-order valence-corrected chi connectivity index (χ0v) is 24.4. The van der Waals surface area contributed by atoms with Crippen LogP contribution in [0.4, 0.5) is 39.5 Å². The van der Waals surface area contributed by atoms with Crippen LogP contribution in [0.3, 0.4) is 0 Å². The first kappa shape index (κ1) is 34.2. The smallest absolute Gasteiger partial charge is 0.489 e. The largest absolute Gasteiger partial charge is 0.573 e. The van der Waals surface area contributed by atoms with Crippen molar-refractivity contribution >= 4 is 22.7 Å². The molecule has 4 N–H and O–H groups in total. The van der Waals surface area contributed by atoms with E-state index in [2.05, 4.69) is 14.7 Å². The van der Waals surface area contributed by atoms with Crippen LogP contribution in [0, 0.1) is 24.4 Å². The number of rotatable bonds is 7. The van der Waals surface area contributed by atoms with Crippen LogP contribution >= 0.6 is 0 Å². The van der Waals surface area contributed by atoms with Crippen LogP contribution in [0.25, 0.3) is 22.2 Å². The van der Waals surface area contributed by atoms with E-state index >= 15 is 0 Å². The summed E-state index contributed by atoms with van der Waals surface area (Å²) in [7, 11) is 0. The Balaban J connectivity index is 1.62. The summed E-state index contributed by atoms with van der Waals surface area (Å²) in [4.78, 5) is 33.0. The summed E-state index contributed by atoms with van der Waals surface area (Å²) in [5.41, 5.74) is -4.64. The number of pyridine rings is 2. The molecule has 9 nitrogen and oxygen atoms in total. The van der Waals surface area contributed by atoms with Crippen molar-refractivity contribution in [2.24, 2.45) is 5.73 Å². The summed E-state index contributed by atoms with van der Waals surface area (Å²) in [6, 6.07) is 4.59. The molecule has 2 amide bonds. The summed E-state index contributed by atoms with van der Waals surface area (Å²) in [6.45, 7) is 0.350. The van der Waals surface area contributed by atoms with E-state index in [-0.39, 0.29) is 10.9 Å². The van der Waals surface area contributed by atoms with E-state index in [9.17, 15) is 54.2 Å². The molecule has 0 spiro atoms. The number of aromatic nitrogens is 2. The number of nitrogens with two attached hydrogens (primary N) is 1. The van der Waals surface area contributed by atoms with Gasteiger partial charge < -0.3 is 25.6 Å². The van der Waals surface area contributed by atoms with Crippen molar-refractivity contribution in [3.63, 3.8) is 0 Å². The number of nitrogens with one attached hydrogen (secondary N) is 1. The van der Waals surface area contributed by atoms with Crippen molar-refractivity contribution in [3.05, 3.63) is 82.4 Å². The second kappa shape index (κ2) is 11.5. The molecule has 0 fully saturated rings. The molecular formula is C30H21F9N4O5. The Morgan fingerprint density at radius 3 is 2.38 bits per heavy atom. The summed E-state index contributed by atoms with van der Waals surface area (Å²) < 4.78 is 136. The number of ether oxygens (including phenoxy) is 2. The predicted octanol–water partition coefficient (Wildman–Crippen LogP) is 5.24. The Hall–Kier alpha value is -5.13. The fourth-order valence-electron chi connectivity index (χ4n) is 5.00. The second-order valence-electron chi connectivity index (χ2n) is 11.1. The van der Waals surface area contributed by atoms with E-state index in [1.54, 1.807) is 5.32 Å². The van der Waals surface area contributed by atoms with Gasteiger partial charge in [0.2, 0.25) is 11.5 Å². The molecule has 0 aliphatic carbocycles. The molecule has 5 rings (SSSR count). The summed E-state index contributed by atoms with van der Waals surface area (Å²) in [5, 5.41) is 12.9. The Bertz CT molecular complexity index is 1990. The first-order valence-electron chi connectivity index (χ1n) is 13.5. The maximum absolute atomic E-state index is 14.9. The van der Waals surface area contributed by atoms with Crippen molar-refractivity contribution in [1.29, 1.82) is 0 Å². The predicted molar refractivity (Wildman–Crippen MR) is 147 cm³/mol. The molecule has 0 unspecified atom stereocenters. The Morgan fingerprint density at radius 1 is 1.06 bits per heavy atom. The molecule has 0 radical (unpaired) electrons. The van der Waals surface area contributed by atoms with Gasteiger partial charge >= 0.3 is 12.5 Å². The lowest BCUT2D eigenvalue weighted by atomic mass is 9.81. The van der Waals surface area contributed by atoms with Crippen molar-refractivity contribution in [1.82, 2.24) is 15.3 Å². The van der Waals surface area contributed by atoms with E-state index < -0.39 is 106 Å². The van der Waals surface area contributed by atoms with Gasteiger partial charge in [-0.3, -0.25) is 14.6 Å². The van der Waals surface area contributed by atoms with Gasteiger partial charge in [0, 0.05) is 28.3 Å². The molecule has 3 heterocycles. The highest BCUT2D eigenvalue weighted by molar-refractivity contribution is 6.00. The number of hydrogen-bond donors (Lipinski definition) is 3. The molecule has 1 aliphatic heterocycles. The van der Waals surface area contributed by atoms with E-state index in [1.807, 2.05) is 0 Å². The van der Waals surface area contributed by atoms with Crippen LogP contribution in [0.1, 0.15) is 34.1 Å². The number of primary amides is 1. The van der Waals surface area contributed by atoms with Crippen LogP contribution in [-0.4, -0.2) is 52.6 Å². The third-order valence-electron chi connectivity index (χ3n) is 7.68. The van der Waals surface area contributed by atoms with Crippen LogP contribution in [0.5, 0.6) is 11.5 Å². The van der Waals surface area contributed by atoms with Crippen LogP contribution in [0.2, 0.25) is 0 Å². The topological polar surface area (TPSA) is 137 Å². The van der Waals surface area contributed by atoms with Gasteiger partial charge in [-0.25, -0.2) is 18.2 Å². The van der Waals surface area contributed by atoms with E-state index in [0.717, 1.165) is 13.0 Å². The molecule has 4 aromatic rings. The lowest BCUT2D eigenvalue weighted by Gasteiger charge is -2.31. The number of carbonyl (C=O) groups is 2. The fourth-order valence-corrected chi connectivity index (χ4v) is 5.00. The Kier molecular flexibility index (Phi) is 8.22. The lowest BCUT2D eigenvalue weighted by Crippen LogP contribution is -2.51. The lowest BCUT2D eigenvalue weighted by molar-refractivity contribution is -0.274. The van der Waals surface area contributed by atoms with Gasteiger partial charge in [0.15, 0.2) is 23.2 Å². The minimum Gasteiger partial charge on any atom is -0.489 e. The molecule has 254 valence electrons. The van der Waals surface area contributed by atoms with Gasteiger partial charge in [0.05, 0.1) is 12.2 Å². The molecule has 2 atom stereocenters. The fraction of sp³-hybridized carbons (Fsp3) is 0.267. The number of amides is 2. The van der Waals surface area contributed by atoms with Crippen molar-refractivity contribution in [3.8, 4) is 22.8 Å². The van der Waals surface area contributed by atoms with Crippen LogP contribution in [-0.2, 0) is 15.8 Å². The first-order valence-corrected chi connectivity index (χ1v) is 13.5. The molecule has 18 heteroatoms. The van der Waals surface area contributed by atoms with Crippen LogP contribution in [0.15, 0.2) is 42.6 Å². The number of nitrogens with zero attached hydrogens (tertiary/aromatic N) is 2. The number of carbonyl (C=O) groups excluding carboxylic acids is 2. The third-order valence-corrected chi connectivity index (χ3v) is 7.68. The molecule has 2 aromatic heterocycles. The minimum absolute atomic E-state index is 0.0443. The SMILES string of the molecule is Cc1cnc2c(OC(F)(F)F)cc(C(=O)NC[C@](O)(c3cc4c(c(-c5ccc(F)c(F)c5F)n3)OC[C@]4(C)C(N)=O)C(F)(F)F)cc2c1. The maximum Gasteiger partial charge on any atom is 0.573 e. The number of fused-ring (bicyclic) bond motifs is 2. The second-order valence-corrected chi connectivity index (χ2v) is 11.1. The van der Waals surface area contributed by atoms with E-state index in [4.69, 9.17) is 10.5 Å². The number of aryl methyl sites for hydroxylation is 1. The van der Waals surface area contributed by atoms with Crippen molar-refractivity contribution < 1.29 is 63.7 Å². The number of aliphatic hydroxyl groups is 1. The van der Waals surface area contributed by atoms with Gasteiger partial charge in [-0.05, 0) is 55.8 Å². The molecular weight excluding hydrogens is 667 g/mol. The van der Waals surface area contributed by atoms with E-state index in [1.165, 1.54) is 19.2 Å².